The van der Waals surface area contributed by atoms with Crippen molar-refractivity contribution in [2.45, 2.75) is 33.6 Å². The molecule has 0 aromatic carbocycles. The van der Waals surface area contributed by atoms with Gasteiger partial charge in [-0.05, 0) is 11.8 Å². The Bertz CT molecular complexity index is 796. The molecule has 0 saturated carbocycles. The lowest BCUT2D eigenvalue weighted by atomic mass is 10.0. The Kier molecular flexibility index (Phi) is 46.4. The van der Waals surface area contributed by atoms with E-state index >= 15 is 0 Å². The van der Waals surface area contributed by atoms with Gasteiger partial charge in [-0.2, -0.15) is 0 Å². The molecule has 0 atom stereocenters. The van der Waals surface area contributed by atoms with Crippen LogP contribution in [0, 0.1) is 17.8 Å². The molecule has 0 spiro atoms. The summed E-state index contributed by atoms with van der Waals surface area (Å²) in [7, 11) is 9.64. The molecule has 18 heteroatoms. The normalized spacial score (nSPS) is 10.7. The smallest absolute Gasteiger partial charge is 0.246 e. The number of hydrogen-bond donors (Lipinski definition) is 4. The predicted octanol–water partition coefficient (Wildman–Crippen LogP) is 0.0573. The van der Waals surface area contributed by atoms with Gasteiger partial charge in [-0.25, -0.2) is 0 Å². The maximum absolute atomic E-state index is 11.5. The molecule has 0 rings (SSSR count). The SMILES string of the molecule is COCCNC(=O)CC(C)CC(=O)NCCOC.COCCOCC(=O)NCC(C)CNC(=O)COCCOC.COCCOCC(C)COCCOC. The summed E-state index contributed by atoms with van der Waals surface area (Å²) >= 11 is 0. The van der Waals surface area contributed by atoms with E-state index < -0.39 is 0 Å². The van der Waals surface area contributed by atoms with E-state index in [2.05, 4.69) is 28.2 Å². The van der Waals surface area contributed by atoms with E-state index in [-0.39, 0.29) is 48.7 Å². The monoisotopic (exact) mass is 787 g/mol. The summed E-state index contributed by atoms with van der Waals surface area (Å²) in [5.41, 5.74) is 0. The number of hydrogen-bond acceptors (Lipinski definition) is 14. The van der Waals surface area contributed by atoms with Gasteiger partial charge >= 0.3 is 0 Å². The van der Waals surface area contributed by atoms with Crippen LogP contribution in [0.5, 0.6) is 0 Å². The van der Waals surface area contributed by atoms with E-state index in [0.717, 1.165) is 13.2 Å². The van der Waals surface area contributed by atoms with Gasteiger partial charge in [-0.1, -0.05) is 20.8 Å². The van der Waals surface area contributed by atoms with Crippen LogP contribution >= 0.6 is 0 Å². The Hall–Kier alpha value is -2.52. The molecule has 0 bridgehead atoms. The lowest BCUT2D eigenvalue weighted by Crippen LogP contribution is -2.38. The summed E-state index contributed by atoms with van der Waals surface area (Å²) in [6.07, 6.45) is 0.697. The third-order valence-corrected chi connectivity index (χ3v) is 6.62. The molecule has 0 heterocycles. The lowest BCUT2D eigenvalue weighted by molar-refractivity contribution is -0.127. The van der Waals surface area contributed by atoms with Crippen LogP contribution in [0.15, 0.2) is 0 Å². The van der Waals surface area contributed by atoms with Crippen LogP contribution in [-0.2, 0) is 66.5 Å². The highest BCUT2D eigenvalue weighted by Crippen LogP contribution is 2.06. The van der Waals surface area contributed by atoms with Crippen molar-refractivity contribution >= 4 is 23.6 Å². The highest BCUT2D eigenvalue weighted by Gasteiger charge is 2.13. The maximum atomic E-state index is 11.5. The van der Waals surface area contributed by atoms with Crippen LogP contribution < -0.4 is 21.3 Å². The number of amides is 4. The van der Waals surface area contributed by atoms with Gasteiger partial charge in [-0.3, -0.25) is 19.2 Å². The second-order valence-corrected chi connectivity index (χ2v) is 12.2. The molecule has 0 aliphatic rings. The third-order valence-electron chi connectivity index (χ3n) is 6.62. The van der Waals surface area contributed by atoms with Crippen LogP contribution in [0.3, 0.4) is 0 Å². The first-order valence-corrected chi connectivity index (χ1v) is 18.3. The fourth-order valence-corrected chi connectivity index (χ4v) is 3.70. The molecule has 0 aliphatic heterocycles. The van der Waals surface area contributed by atoms with Crippen LogP contribution in [0.1, 0.15) is 33.6 Å². The molecule has 0 aromatic heterocycles. The van der Waals surface area contributed by atoms with Crippen molar-refractivity contribution in [3.8, 4) is 0 Å². The van der Waals surface area contributed by atoms with Crippen molar-refractivity contribution in [2.24, 2.45) is 17.8 Å². The minimum atomic E-state index is -0.183. The van der Waals surface area contributed by atoms with E-state index in [9.17, 15) is 19.2 Å². The minimum absolute atomic E-state index is 0.00970. The van der Waals surface area contributed by atoms with Crippen LogP contribution in [-0.4, -0.2) is 185 Å². The Balaban J connectivity index is -0.000000741. The van der Waals surface area contributed by atoms with Crippen molar-refractivity contribution in [3.05, 3.63) is 0 Å². The number of rotatable bonds is 34. The Morgan fingerprint density at radius 3 is 1.06 bits per heavy atom. The van der Waals surface area contributed by atoms with Crippen molar-refractivity contribution in [1.82, 2.24) is 21.3 Å². The van der Waals surface area contributed by atoms with Crippen molar-refractivity contribution in [2.75, 3.05) is 161 Å². The van der Waals surface area contributed by atoms with E-state index in [0.29, 0.717) is 111 Å². The van der Waals surface area contributed by atoms with Crippen LogP contribution in [0.2, 0.25) is 0 Å². The predicted molar refractivity (Wildman–Crippen MR) is 203 cm³/mol. The van der Waals surface area contributed by atoms with E-state index in [4.69, 9.17) is 47.4 Å². The average molecular weight is 787 g/mol. The second kappa shape index (κ2) is 44.9. The molecule has 54 heavy (non-hydrogen) atoms. The number of ether oxygens (including phenoxy) is 10. The number of methoxy groups -OCH3 is 6. The number of carbonyl (C=O) groups is 4. The average Bonchev–Trinajstić information content (AvgIpc) is 3.14. The van der Waals surface area contributed by atoms with Gasteiger partial charge in [0.15, 0.2) is 0 Å². The summed E-state index contributed by atoms with van der Waals surface area (Å²) < 4.78 is 49.9. The van der Waals surface area contributed by atoms with Gasteiger partial charge in [0, 0.05) is 87.6 Å². The standard InChI is InChI=1S/C14H28N2O6.C12H24N2O4.C10H22O4/c1-12(8-15-13(17)10-21-6-4-19-2)9-16-14(18)11-22-7-5-20-3;1-10(8-11(15)13-4-6-17-2)9-12(16)14-5-7-18-3;1-10(8-13-6-4-11-2)9-14-7-5-12-3/h12H,4-11H2,1-3H3,(H,15,17)(H,16,18);10H,4-9H2,1-3H3,(H,13,15)(H,14,16);10H,4-9H2,1-3H3. The highest BCUT2D eigenvalue weighted by molar-refractivity contribution is 5.79. The summed E-state index contributed by atoms with van der Waals surface area (Å²) in [4.78, 5) is 45.8. The molecular weight excluding hydrogens is 712 g/mol. The lowest BCUT2D eigenvalue weighted by Gasteiger charge is -2.14. The fraction of sp³-hybridized carbons (Fsp3) is 0.889. The molecule has 0 fully saturated rings. The molecular formula is C36H74N4O14. The summed E-state index contributed by atoms with van der Waals surface area (Å²) in [6, 6.07) is 0. The van der Waals surface area contributed by atoms with E-state index in [1.165, 1.54) is 0 Å². The van der Waals surface area contributed by atoms with Crippen LogP contribution in [0.25, 0.3) is 0 Å². The third kappa shape index (κ3) is 47.5. The van der Waals surface area contributed by atoms with Gasteiger partial charge in [0.25, 0.3) is 0 Å². The van der Waals surface area contributed by atoms with Gasteiger partial charge in [0.05, 0.1) is 79.3 Å². The molecule has 0 aliphatic carbocycles. The van der Waals surface area contributed by atoms with Crippen molar-refractivity contribution in [1.29, 1.82) is 0 Å². The molecule has 0 saturated heterocycles. The molecule has 322 valence electrons. The minimum Gasteiger partial charge on any atom is -0.383 e. The maximum Gasteiger partial charge on any atom is 0.246 e. The zero-order valence-electron chi connectivity index (χ0n) is 34.6. The van der Waals surface area contributed by atoms with Gasteiger partial charge in [0.1, 0.15) is 13.2 Å². The summed E-state index contributed by atoms with van der Waals surface area (Å²) in [5, 5.41) is 10.9. The molecule has 4 amide bonds. The van der Waals surface area contributed by atoms with Gasteiger partial charge in [0.2, 0.25) is 23.6 Å². The number of carbonyl (C=O) groups excluding carboxylic acids is 4. The molecule has 0 radical (unpaired) electrons. The quantitative estimate of drug-likeness (QED) is 0.0637. The number of nitrogens with one attached hydrogen (secondary N) is 4. The van der Waals surface area contributed by atoms with Crippen molar-refractivity contribution in [3.63, 3.8) is 0 Å². The molecule has 0 unspecified atom stereocenters. The summed E-state index contributed by atoms with van der Waals surface area (Å²) in [5.74, 6) is 0.0903. The fourth-order valence-electron chi connectivity index (χ4n) is 3.70. The van der Waals surface area contributed by atoms with E-state index in [1.807, 2.05) is 13.8 Å². The van der Waals surface area contributed by atoms with Gasteiger partial charge < -0.3 is 68.6 Å². The van der Waals surface area contributed by atoms with Crippen LogP contribution in [0.4, 0.5) is 0 Å². The van der Waals surface area contributed by atoms with Crippen molar-refractivity contribution < 1.29 is 66.5 Å². The Morgan fingerprint density at radius 1 is 0.389 bits per heavy atom. The molecule has 4 N–H and O–H groups in total. The Morgan fingerprint density at radius 2 is 0.722 bits per heavy atom. The van der Waals surface area contributed by atoms with E-state index in [1.54, 1.807) is 42.7 Å². The zero-order valence-corrected chi connectivity index (χ0v) is 34.6. The first-order valence-electron chi connectivity index (χ1n) is 18.3. The second-order valence-electron chi connectivity index (χ2n) is 12.2. The highest BCUT2D eigenvalue weighted by atomic mass is 16.5. The first-order chi connectivity index (χ1) is 26.0. The first kappa shape index (κ1) is 55.8. The molecule has 18 nitrogen and oxygen atoms in total. The van der Waals surface area contributed by atoms with Gasteiger partial charge in [-0.15, -0.1) is 0 Å². The topological polar surface area (TPSA) is 209 Å². The molecule has 0 aromatic rings. The summed E-state index contributed by atoms with van der Waals surface area (Å²) in [6.45, 7) is 14.6. The largest absolute Gasteiger partial charge is 0.383 e. The Labute approximate surface area is 324 Å². The zero-order chi connectivity index (χ0) is 41.1.